The van der Waals surface area contributed by atoms with Gasteiger partial charge in [0.2, 0.25) is 0 Å². The van der Waals surface area contributed by atoms with Crippen LogP contribution >= 0.6 is 31.9 Å². The predicted molar refractivity (Wildman–Crippen MR) is 73.8 cm³/mol. The summed E-state index contributed by atoms with van der Waals surface area (Å²) in [6.45, 7) is 5.19. The van der Waals surface area contributed by atoms with Crippen molar-refractivity contribution in [2.45, 2.75) is 37.8 Å². The molecule has 2 unspecified atom stereocenters. The number of rotatable bonds is 3. The second kappa shape index (κ2) is 4.79. The van der Waals surface area contributed by atoms with Gasteiger partial charge in [-0.25, -0.2) is 0 Å². The lowest BCUT2D eigenvalue weighted by Gasteiger charge is -2.48. The molecule has 1 saturated carbocycles. The molecule has 0 aliphatic heterocycles. The maximum absolute atomic E-state index is 5.97. The Morgan fingerprint density at radius 2 is 2.06 bits per heavy atom. The van der Waals surface area contributed by atoms with Crippen molar-refractivity contribution in [3.8, 4) is 0 Å². The molecule has 0 heterocycles. The van der Waals surface area contributed by atoms with Gasteiger partial charge in [-0.3, -0.25) is 0 Å². The zero-order valence-corrected chi connectivity index (χ0v) is 12.7. The van der Waals surface area contributed by atoms with E-state index >= 15 is 0 Å². The van der Waals surface area contributed by atoms with Crippen molar-refractivity contribution >= 4 is 31.9 Å². The quantitative estimate of drug-likeness (QED) is 0.730. The van der Waals surface area contributed by atoms with Crippen LogP contribution in [0.25, 0.3) is 0 Å². The molecule has 0 amide bonds. The van der Waals surface area contributed by atoms with Crippen LogP contribution < -0.4 is 0 Å². The highest BCUT2D eigenvalue weighted by molar-refractivity contribution is 9.10. The monoisotopic (exact) mass is 346 g/mol. The van der Waals surface area contributed by atoms with E-state index < -0.39 is 0 Å². The van der Waals surface area contributed by atoms with Crippen LogP contribution in [0.3, 0.4) is 0 Å². The number of benzene rings is 1. The Bertz CT molecular complexity index is 376. The first-order valence-electron chi connectivity index (χ1n) is 5.51. The second-order valence-electron chi connectivity index (χ2n) is 4.92. The maximum atomic E-state index is 5.97. The van der Waals surface area contributed by atoms with Gasteiger partial charge in [-0.2, -0.15) is 0 Å². The molecule has 1 aliphatic carbocycles. The van der Waals surface area contributed by atoms with Gasteiger partial charge in [0, 0.05) is 14.7 Å². The minimum Gasteiger partial charge on any atom is -0.373 e. The van der Waals surface area contributed by atoms with Crippen LogP contribution in [0.2, 0.25) is 0 Å². The maximum Gasteiger partial charge on any atom is 0.0731 e. The van der Waals surface area contributed by atoms with Gasteiger partial charge in [-0.1, -0.05) is 63.9 Å². The van der Waals surface area contributed by atoms with Crippen molar-refractivity contribution < 1.29 is 4.74 Å². The molecular weight excluding hydrogens is 332 g/mol. The van der Waals surface area contributed by atoms with Crippen molar-refractivity contribution in [2.75, 3.05) is 0 Å². The number of alkyl halides is 1. The molecule has 0 spiro atoms. The van der Waals surface area contributed by atoms with Crippen LogP contribution in [0.15, 0.2) is 28.7 Å². The smallest absolute Gasteiger partial charge is 0.0731 e. The lowest BCUT2D eigenvalue weighted by Crippen LogP contribution is -2.51. The Kier molecular flexibility index (Phi) is 3.77. The fraction of sp³-hybridized carbons (Fsp3) is 0.538. The lowest BCUT2D eigenvalue weighted by molar-refractivity contribution is -0.0933. The predicted octanol–water partition coefficient (Wildman–Crippen LogP) is 4.53. The zero-order valence-electron chi connectivity index (χ0n) is 9.54. The summed E-state index contributed by atoms with van der Waals surface area (Å²) in [5, 5.41) is 0. The third-order valence-corrected chi connectivity index (χ3v) is 5.78. The summed E-state index contributed by atoms with van der Waals surface area (Å²) in [6, 6.07) is 8.22. The van der Waals surface area contributed by atoms with E-state index in [1.165, 1.54) is 5.56 Å². The molecule has 1 fully saturated rings. The second-order valence-corrected chi connectivity index (χ2v) is 6.88. The Labute approximate surface area is 114 Å². The molecule has 1 nitrogen and oxygen atoms in total. The molecule has 0 saturated heterocycles. The molecule has 0 radical (unpaired) electrons. The van der Waals surface area contributed by atoms with Gasteiger partial charge in [0.1, 0.15) is 0 Å². The van der Waals surface area contributed by atoms with E-state index in [9.17, 15) is 0 Å². The molecule has 2 atom stereocenters. The largest absolute Gasteiger partial charge is 0.373 e. The minimum absolute atomic E-state index is 0.251. The molecule has 0 N–H and O–H groups in total. The van der Waals surface area contributed by atoms with E-state index in [2.05, 4.69) is 57.8 Å². The van der Waals surface area contributed by atoms with Gasteiger partial charge < -0.3 is 4.74 Å². The molecule has 88 valence electrons. The molecule has 16 heavy (non-hydrogen) atoms. The third kappa shape index (κ3) is 2.36. The average Bonchev–Trinajstić information content (AvgIpc) is 2.26. The Balaban J connectivity index is 1.92. The summed E-state index contributed by atoms with van der Waals surface area (Å²) in [5.74, 6) is 0. The Hall–Kier alpha value is 0.140. The van der Waals surface area contributed by atoms with Gasteiger partial charge in [-0.05, 0) is 18.1 Å². The fourth-order valence-electron chi connectivity index (χ4n) is 1.93. The average molecular weight is 348 g/mol. The molecule has 3 heteroatoms. The van der Waals surface area contributed by atoms with Crippen LogP contribution in [-0.4, -0.2) is 10.9 Å². The van der Waals surface area contributed by atoms with Crippen molar-refractivity contribution in [1.29, 1.82) is 0 Å². The molecule has 1 aromatic rings. The molecule has 0 aromatic heterocycles. The Morgan fingerprint density at radius 3 is 2.62 bits per heavy atom. The van der Waals surface area contributed by atoms with Gasteiger partial charge >= 0.3 is 0 Å². The number of halogens is 2. The minimum atomic E-state index is 0.251. The molecule has 1 aliphatic rings. The van der Waals surface area contributed by atoms with Crippen molar-refractivity contribution in [3.05, 3.63) is 34.3 Å². The van der Waals surface area contributed by atoms with Crippen molar-refractivity contribution in [3.63, 3.8) is 0 Å². The van der Waals surface area contributed by atoms with Crippen LogP contribution in [0.5, 0.6) is 0 Å². The zero-order chi connectivity index (χ0) is 11.8. The Morgan fingerprint density at radius 1 is 1.38 bits per heavy atom. The van der Waals surface area contributed by atoms with Crippen LogP contribution in [0, 0.1) is 5.41 Å². The highest BCUT2D eigenvalue weighted by Crippen LogP contribution is 2.47. The van der Waals surface area contributed by atoms with Gasteiger partial charge in [0.05, 0.1) is 12.7 Å². The van der Waals surface area contributed by atoms with Gasteiger partial charge in [-0.15, -0.1) is 0 Å². The SMILES string of the molecule is CC1(C)C(Br)CC1OCc1ccccc1Br. The molecule has 0 bridgehead atoms. The standard InChI is InChI=1S/C13H16Br2O/c1-13(2)11(15)7-12(13)16-8-9-5-3-4-6-10(9)14/h3-6,11-12H,7-8H2,1-2H3. The van der Waals surface area contributed by atoms with Crippen LogP contribution in [0.4, 0.5) is 0 Å². The van der Waals surface area contributed by atoms with Gasteiger partial charge in [0.25, 0.3) is 0 Å². The number of hydrogen-bond donors (Lipinski definition) is 0. The van der Waals surface area contributed by atoms with E-state index in [1.54, 1.807) is 0 Å². The summed E-state index contributed by atoms with van der Waals surface area (Å²) >= 11 is 7.21. The van der Waals surface area contributed by atoms with E-state index in [-0.39, 0.29) is 5.41 Å². The third-order valence-electron chi connectivity index (χ3n) is 3.46. The van der Waals surface area contributed by atoms with E-state index in [0.717, 1.165) is 10.9 Å². The topological polar surface area (TPSA) is 9.23 Å². The summed E-state index contributed by atoms with van der Waals surface area (Å²) in [7, 11) is 0. The highest BCUT2D eigenvalue weighted by atomic mass is 79.9. The number of hydrogen-bond acceptors (Lipinski definition) is 1. The summed E-state index contributed by atoms with van der Waals surface area (Å²) in [5.41, 5.74) is 1.47. The lowest BCUT2D eigenvalue weighted by atomic mass is 9.69. The van der Waals surface area contributed by atoms with Crippen molar-refractivity contribution in [2.24, 2.45) is 5.41 Å². The normalized spacial score (nSPS) is 27.5. The van der Waals surface area contributed by atoms with Crippen LogP contribution in [-0.2, 0) is 11.3 Å². The molecule has 2 rings (SSSR count). The van der Waals surface area contributed by atoms with E-state index in [1.807, 2.05) is 12.1 Å². The van der Waals surface area contributed by atoms with E-state index in [4.69, 9.17) is 4.74 Å². The first-order valence-corrected chi connectivity index (χ1v) is 7.22. The summed E-state index contributed by atoms with van der Waals surface area (Å²) < 4.78 is 7.10. The first kappa shape index (κ1) is 12.6. The van der Waals surface area contributed by atoms with Crippen molar-refractivity contribution in [1.82, 2.24) is 0 Å². The summed E-state index contributed by atoms with van der Waals surface area (Å²) in [6.07, 6.45) is 1.47. The molecule has 1 aromatic carbocycles. The fourth-order valence-corrected chi connectivity index (χ4v) is 2.96. The first-order chi connectivity index (χ1) is 7.51. The highest BCUT2D eigenvalue weighted by Gasteiger charge is 2.47. The summed E-state index contributed by atoms with van der Waals surface area (Å²) in [4.78, 5) is 0.587. The van der Waals surface area contributed by atoms with Gasteiger partial charge in [0.15, 0.2) is 0 Å². The van der Waals surface area contributed by atoms with E-state index in [0.29, 0.717) is 17.5 Å². The van der Waals surface area contributed by atoms with Crippen LogP contribution in [0.1, 0.15) is 25.8 Å². The molecular formula is C13H16Br2O. The number of ether oxygens (including phenoxy) is 1.